The van der Waals surface area contributed by atoms with E-state index < -0.39 is 0 Å². The minimum atomic E-state index is 0.408. The molecule has 1 aromatic rings. The zero-order valence-corrected chi connectivity index (χ0v) is 11.2. The van der Waals surface area contributed by atoms with Crippen molar-refractivity contribution in [3.05, 3.63) is 11.1 Å². The van der Waals surface area contributed by atoms with E-state index in [2.05, 4.69) is 29.0 Å². The molecule has 1 aromatic heterocycles. The monoisotopic (exact) mass is 239 g/mol. The van der Waals surface area contributed by atoms with E-state index in [1.807, 2.05) is 24.6 Å². The summed E-state index contributed by atoms with van der Waals surface area (Å²) in [6.07, 6.45) is 4.82. The average Bonchev–Trinajstić information content (AvgIpc) is 3.00. The molecule has 3 nitrogen and oxygen atoms in total. The zero-order valence-electron chi connectivity index (χ0n) is 10.4. The molecular formula is C12H21N3S. The van der Waals surface area contributed by atoms with E-state index in [4.69, 9.17) is 0 Å². The lowest BCUT2D eigenvalue weighted by atomic mass is 10.3. The summed E-state index contributed by atoms with van der Waals surface area (Å²) in [5.41, 5.74) is 0. The number of rotatable bonds is 6. The number of nitrogens with zero attached hydrogens (tertiary/aromatic N) is 2. The van der Waals surface area contributed by atoms with Crippen molar-refractivity contribution in [1.29, 1.82) is 0 Å². The van der Waals surface area contributed by atoms with Gasteiger partial charge in [0.05, 0.1) is 0 Å². The summed E-state index contributed by atoms with van der Waals surface area (Å²) in [4.78, 5) is 8.28. The molecule has 16 heavy (non-hydrogen) atoms. The van der Waals surface area contributed by atoms with Crippen LogP contribution in [0.1, 0.15) is 37.6 Å². The number of hydrogen-bond acceptors (Lipinski definition) is 4. The smallest absolute Gasteiger partial charge is 0.185 e. The lowest BCUT2D eigenvalue weighted by Crippen LogP contribution is -2.24. The first-order valence-corrected chi connectivity index (χ1v) is 6.94. The van der Waals surface area contributed by atoms with E-state index >= 15 is 0 Å². The molecule has 1 unspecified atom stereocenters. The van der Waals surface area contributed by atoms with Crippen molar-refractivity contribution >= 4 is 16.5 Å². The molecule has 0 bridgehead atoms. The summed E-state index contributed by atoms with van der Waals surface area (Å²) in [6.45, 7) is 6.65. The van der Waals surface area contributed by atoms with E-state index in [-0.39, 0.29) is 0 Å². The first kappa shape index (κ1) is 11.9. The molecule has 1 aliphatic rings. The molecule has 0 aromatic carbocycles. The second kappa shape index (κ2) is 5.15. The average molecular weight is 239 g/mol. The quantitative estimate of drug-likeness (QED) is 0.827. The van der Waals surface area contributed by atoms with E-state index in [0.717, 1.165) is 12.5 Å². The van der Waals surface area contributed by atoms with E-state index in [1.54, 1.807) is 0 Å². The molecule has 0 radical (unpaired) electrons. The minimum absolute atomic E-state index is 0.408. The van der Waals surface area contributed by atoms with Crippen molar-refractivity contribution in [3.8, 4) is 0 Å². The van der Waals surface area contributed by atoms with Gasteiger partial charge in [0.2, 0.25) is 0 Å². The highest BCUT2D eigenvalue weighted by Crippen LogP contribution is 2.33. The van der Waals surface area contributed by atoms with Crippen LogP contribution in [0, 0.1) is 5.92 Å². The van der Waals surface area contributed by atoms with Gasteiger partial charge in [0.15, 0.2) is 5.13 Å². The van der Waals surface area contributed by atoms with Crippen LogP contribution in [-0.2, 0) is 0 Å². The van der Waals surface area contributed by atoms with Gasteiger partial charge in [0.25, 0.3) is 0 Å². The predicted molar refractivity (Wildman–Crippen MR) is 70.2 cm³/mol. The van der Waals surface area contributed by atoms with Crippen LogP contribution in [0.2, 0.25) is 0 Å². The minimum Gasteiger partial charge on any atom is -0.348 e. The van der Waals surface area contributed by atoms with Crippen LogP contribution in [0.3, 0.4) is 0 Å². The summed E-state index contributed by atoms with van der Waals surface area (Å²) in [7, 11) is 1.99. The Morgan fingerprint density at radius 1 is 1.62 bits per heavy atom. The molecule has 1 fully saturated rings. The Labute approximate surface area is 102 Å². The number of nitrogens with one attached hydrogen (secondary N) is 1. The lowest BCUT2D eigenvalue weighted by Gasteiger charge is -2.19. The summed E-state index contributed by atoms with van der Waals surface area (Å²) in [5, 5.41) is 4.44. The second-order valence-corrected chi connectivity index (χ2v) is 5.58. The summed E-state index contributed by atoms with van der Waals surface area (Å²) in [5.74, 6) is 0.925. The van der Waals surface area contributed by atoms with Gasteiger partial charge in [-0.1, -0.05) is 0 Å². The first-order valence-electron chi connectivity index (χ1n) is 6.12. The van der Waals surface area contributed by atoms with E-state index in [0.29, 0.717) is 6.04 Å². The topological polar surface area (TPSA) is 28.2 Å². The Balaban J connectivity index is 2.02. The van der Waals surface area contributed by atoms with Crippen LogP contribution < -0.4 is 10.2 Å². The van der Waals surface area contributed by atoms with Crippen LogP contribution in [0.5, 0.6) is 0 Å². The van der Waals surface area contributed by atoms with Gasteiger partial charge < -0.3 is 10.2 Å². The maximum Gasteiger partial charge on any atom is 0.185 e. The van der Waals surface area contributed by atoms with Crippen molar-refractivity contribution in [1.82, 2.24) is 10.3 Å². The third kappa shape index (κ3) is 2.74. The summed E-state index contributed by atoms with van der Waals surface area (Å²) in [6, 6.07) is 0.408. The highest BCUT2D eigenvalue weighted by atomic mass is 32.1. The third-order valence-corrected chi connectivity index (χ3v) is 4.44. The molecule has 1 N–H and O–H groups in total. The lowest BCUT2D eigenvalue weighted by molar-refractivity contribution is 0.662. The zero-order chi connectivity index (χ0) is 11.5. The Hall–Kier alpha value is -0.610. The molecule has 4 heteroatoms. The van der Waals surface area contributed by atoms with Crippen molar-refractivity contribution in [2.75, 3.05) is 25.0 Å². The maximum atomic E-state index is 4.54. The van der Waals surface area contributed by atoms with Crippen molar-refractivity contribution in [2.24, 2.45) is 5.92 Å². The van der Waals surface area contributed by atoms with Gasteiger partial charge in [-0.2, -0.15) is 0 Å². The summed E-state index contributed by atoms with van der Waals surface area (Å²) < 4.78 is 0. The largest absolute Gasteiger partial charge is 0.348 e. The van der Waals surface area contributed by atoms with Gasteiger partial charge in [0.1, 0.15) is 0 Å². The van der Waals surface area contributed by atoms with Crippen molar-refractivity contribution in [3.63, 3.8) is 0 Å². The van der Waals surface area contributed by atoms with Crippen molar-refractivity contribution in [2.45, 2.75) is 32.7 Å². The van der Waals surface area contributed by atoms with E-state index in [1.165, 1.54) is 29.4 Å². The highest BCUT2D eigenvalue weighted by Gasteiger charge is 2.25. The molecule has 2 rings (SSSR count). The van der Waals surface area contributed by atoms with E-state index in [9.17, 15) is 0 Å². The third-order valence-electron chi connectivity index (χ3n) is 3.20. The van der Waals surface area contributed by atoms with Gasteiger partial charge in [-0.15, -0.1) is 11.3 Å². The molecule has 0 aliphatic heterocycles. The first-order chi connectivity index (χ1) is 7.74. The maximum absolute atomic E-state index is 4.54. The molecule has 90 valence electrons. The molecule has 1 heterocycles. The number of hydrogen-bond donors (Lipinski definition) is 1. The van der Waals surface area contributed by atoms with Gasteiger partial charge in [-0.25, -0.2) is 4.98 Å². The van der Waals surface area contributed by atoms with Crippen LogP contribution in [0.15, 0.2) is 6.20 Å². The second-order valence-electron chi connectivity index (χ2n) is 4.54. The number of aromatic nitrogens is 1. The molecule has 1 atom stereocenters. The molecule has 0 saturated heterocycles. The fourth-order valence-corrected chi connectivity index (χ4v) is 2.77. The van der Waals surface area contributed by atoms with Gasteiger partial charge in [-0.3, -0.25) is 0 Å². The van der Waals surface area contributed by atoms with Gasteiger partial charge in [0, 0.05) is 30.2 Å². The molecule has 0 amide bonds. The van der Waals surface area contributed by atoms with Crippen LogP contribution in [-0.4, -0.2) is 25.1 Å². The number of anilines is 1. The Kier molecular flexibility index (Phi) is 3.82. The summed E-state index contributed by atoms with van der Waals surface area (Å²) >= 11 is 1.82. The Morgan fingerprint density at radius 2 is 2.38 bits per heavy atom. The Morgan fingerprint density at radius 3 is 2.94 bits per heavy atom. The van der Waals surface area contributed by atoms with Crippen LogP contribution in [0.25, 0.3) is 0 Å². The number of thiazole rings is 1. The fraction of sp³-hybridized carbons (Fsp3) is 0.750. The molecule has 0 spiro atoms. The predicted octanol–water partition coefficient (Wildman–Crippen LogP) is 2.66. The van der Waals surface area contributed by atoms with Gasteiger partial charge in [-0.05, 0) is 39.7 Å². The van der Waals surface area contributed by atoms with Crippen molar-refractivity contribution < 1.29 is 0 Å². The van der Waals surface area contributed by atoms with Crippen LogP contribution in [0.4, 0.5) is 5.13 Å². The van der Waals surface area contributed by atoms with Gasteiger partial charge >= 0.3 is 0 Å². The standard InChI is InChI=1S/C12H21N3S/c1-4-15(8-10-5-6-10)12-14-7-11(16-12)9(2)13-3/h7,9-10,13H,4-6,8H2,1-3H3. The highest BCUT2D eigenvalue weighted by molar-refractivity contribution is 7.15. The SMILES string of the molecule is CCN(CC1CC1)c1ncc(C(C)NC)s1. The molecule has 1 aliphatic carbocycles. The van der Waals surface area contributed by atoms with Crippen LogP contribution >= 0.6 is 11.3 Å². The molecule has 1 saturated carbocycles. The fourth-order valence-electron chi connectivity index (χ4n) is 1.72. The normalized spacial score (nSPS) is 17.4. The Bertz CT molecular complexity index is 333. The molecular weight excluding hydrogens is 218 g/mol.